The van der Waals surface area contributed by atoms with Gasteiger partial charge in [-0.1, -0.05) is 18.2 Å². The fourth-order valence-electron chi connectivity index (χ4n) is 1.85. The SMILES string of the molecule is COc1nccc(NCC2=CCCC=C2)c1C#N. The van der Waals surface area contributed by atoms with Crippen LogP contribution < -0.4 is 10.1 Å². The molecule has 0 atom stereocenters. The molecular weight excluding hydrogens is 226 g/mol. The lowest BCUT2D eigenvalue weighted by atomic mass is 10.1. The van der Waals surface area contributed by atoms with Crippen LogP contribution in [0.2, 0.25) is 0 Å². The monoisotopic (exact) mass is 241 g/mol. The predicted molar refractivity (Wildman–Crippen MR) is 70.5 cm³/mol. The van der Waals surface area contributed by atoms with Crippen molar-refractivity contribution < 1.29 is 4.74 Å². The standard InChI is InChI=1S/C14H15N3O/c1-18-14-12(9-15)13(7-8-16-14)17-10-11-5-3-2-4-6-11/h3,5-8H,2,4,10H2,1H3,(H,16,17). The first-order chi connectivity index (χ1) is 8.85. The van der Waals surface area contributed by atoms with Crippen molar-refractivity contribution in [2.45, 2.75) is 12.8 Å². The number of pyridine rings is 1. The quantitative estimate of drug-likeness (QED) is 0.880. The summed E-state index contributed by atoms with van der Waals surface area (Å²) in [7, 11) is 1.51. The summed E-state index contributed by atoms with van der Waals surface area (Å²) in [5, 5.41) is 12.4. The summed E-state index contributed by atoms with van der Waals surface area (Å²) in [5.74, 6) is 0.357. The van der Waals surface area contributed by atoms with E-state index in [2.05, 4.69) is 34.6 Å². The van der Waals surface area contributed by atoms with Gasteiger partial charge in [-0.05, 0) is 24.5 Å². The highest BCUT2D eigenvalue weighted by Gasteiger charge is 2.09. The number of nitrogens with one attached hydrogen (secondary N) is 1. The summed E-state index contributed by atoms with van der Waals surface area (Å²) in [6.45, 7) is 0.707. The Morgan fingerprint density at radius 2 is 2.39 bits per heavy atom. The van der Waals surface area contributed by atoms with Crippen molar-refractivity contribution in [2.75, 3.05) is 19.0 Å². The third-order valence-electron chi connectivity index (χ3n) is 2.78. The van der Waals surface area contributed by atoms with Crippen LogP contribution in [0, 0.1) is 11.3 Å². The smallest absolute Gasteiger partial charge is 0.233 e. The molecule has 0 aromatic carbocycles. The van der Waals surface area contributed by atoms with Crippen LogP contribution in [-0.4, -0.2) is 18.6 Å². The molecule has 0 aliphatic heterocycles. The molecule has 2 rings (SSSR count). The van der Waals surface area contributed by atoms with Gasteiger partial charge in [-0.15, -0.1) is 0 Å². The van der Waals surface area contributed by atoms with Gasteiger partial charge >= 0.3 is 0 Å². The fraction of sp³-hybridized carbons (Fsp3) is 0.286. The van der Waals surface area contributed by atoms with Crippen LogP contribution in [0.15, 0.2) is 36.1 Å². The Kier molecular flexibility index (Phi) is 3.98. The van der Waals surface area contributed by atoms with E-state index in [1.165, 1.54) is 12.7 Å². The Bertz CT molecular complexity index is 526. The van der Waals surface area contributed by atoms with E-state index in [0.717, 1.165) is 18.5 Å². The van der Waals surface area contributed by atoms with Gasteiger partial charge in [0.2, 0.25) is 5.88 Å². The summed E-state index contributed by atoms with van der Waals surface area (Å²) in [5.41, 5.74) is 2.44. The third-order valence-corrected chi connectivity index (χ3v) is 2.78. The molecule has 1 aromatic heterocycles. The highest BCUT2D eigenvalue weighted by Crippen LogP contribution is 2.23. The third kappa shape index (κ3) is 2.69. The fourth-order valence-corrected chi connectivity index (χ4v) is 1.85. The van der Waals surface area contributed by atoms with Crippen molar-refractivity contribution in [3.63, 3.8) is 0 Å². The lowest BCUT2D eigenvalue weighted by Gasteiger charge is -2.12. The summed E-state index contributed by atoms with van der Waals surface area (Å²) in [6.07, 6.45) is 10.3. The van der Waals surface area contributed by atoms with Crippen molar-refractivity contribution in [2.24, 2.45) is 0 Å². The second-order valence-electron chi connectivity index (χ2n) is 3.97. The van der Waals surface area contributed by atoms with E-state index >= 15 is 0 Å². The minimum absolute atomic E-state index is 0.357. The molecule has 0 radical (unpaired) electrons. The summed E-state index contributed by atoms with van der Waals surface area (Å²) in [6, 6.07) is 3.90. The number of anilines is 1. The molecular formula is C14H15N3O. The number of nitrogens with zero attached hydrogens (tertiary/aromatic N) is 2. The molecule has 4 heteroatoms. The molecule has 0 saturated carbocycles. The molecule has 1 N–H and O–H groups in total. The van der Waals surface area contributed by atoms with Gasteiger partial charge in [0, 0.05) is 12.7 Å². The van der Waals surface area contributed by atoms with Crippen LogP contribution in [0.5, 0.6) is 5.88 Å². The molecule has 0 amide bonds. The van der Waals surface area contributed by atoms with Gasteiger partial charge in [0.25, 0.3) is 0 Å². The van der Waals surface area contributed by atoms with Crippen LogP contribution in [0.3, 0.4) is 0 Å². The van der Waals surface area contributed by atoms with E-state index in [4.69, 9.17) is 10.00 Å². The van der Waals surface area contributed by atoms with E-state index in [0.29, 0.717) is 18.0 Å². The van der Waals surface area contributed by atoms with Gasteiger partial charge in [0.1, 0.15) is 11.6 Å². The van der Waals surface area contributed by atoms with Crippen molar-refractivity contribution in [3.8, 4) is 11.9 Å². The second kappa shape index (κ2) is 5.87. The van der Waals surface area contributed by atoms with Gasteiger partial charge in [-0.25, -0.2) is 4.98 Å². The minimum atomic E-state index is 0.357. The van der Waals surface area contributed by atoms with Crippen LogP contribution in [0.25, 0.3) is 0 Å². The molecule has 1 aromatic rings. The Hall–Kier alpha value is -2.28. The topological polar surface area (TPSA) is 57.9 Å². The van der Waals surface area contributed by atoms with Gasteiger partial charge in [-0.3, -0.25) is 0 Å². The van der Waals surface area contributed by atoms with Crippen molar-refractivity contribution in [1.29, 1.82) is 5.26 Å². The lowest BCUT2D eigenvalue weighted by Crippen LogP contribution is -2.07. The maximum absolute atomic E-state index is 9.13. The van der Waals surface area contributed by atoms with Gasteiger partial charge in [-0.2, -0.15) is 5.26 Å². The number of ether oxygens (including phenoxy) is 1. The minimum Gasteiger partial charge on any atom is -0.480 e. The zero-order chi connectivity index (χ0) is 12.8. The van der Waals surface area contributed by atoms with Gasteiger partial charge in [0.15, 0.2) is 0 Å². The molecule has 0 bridgehead atoms. The van der Waals surface area contributed by atoms with E-state index in [1.807, 2.05) is 0 Å². The number of aromatic nitrogens is 1. The largest absolute Gasteiger partial charge is 0.480 e. The van der Waals surface area contributed by atoms with Crippen LogP contribution in [0.4, 0.5) is 5.69 Å². The molecule has 1 aliphatic carbocycles. The molecule has 18 heavy (non-hydrogen) atoms. The average molecular weight is 241 g/mol. The highest BCUT2D eigenvalue weighted by atomic mass is 16.5. The Morgan fingerprint density at radius 3 is 3.06 bits per heavy atom. The number of rotatable bonds is 4. The Labute approximate surface area is 107 Å². The maximum atomic E-state index is 9.13. The number of nitriles is 1. The van der Waals surface area contributed by atoms with Crippen LogP contribution >= 0.6 is 0 Å². The molecule has 0 fully saturated rings. The highest BCUT2D eigenvalue weighted by molar-refractivity contribution is 5.61. The van der Waals surface area contributed by atoms with Gasteiger partial charge < -0.3 is 10.1 Å². The van der Waals surface area contributed by atoms with Crippen LogP contribution in [0.1, 0.15) is 18.4 Å². The Balaban J connectivity index is 2.12. The molecule has 0 unspecified atom stereocenters. The van der Waals surface area contributed by atoms with Crippen molar-refractivity contribution in [1.82, 2.24) is 4.98 Å². The zero-order valence-corrected chi connectivity index (χ0v) is 10.3. The van der Waals surface area contributed by atoms with Crippen molar-refractivity contribution >= 4 is 5.69 Å². The molecule has 1 heterocycles. The number of hydrogen-bond donors (Lipinski definition) is 1. The first kappa shape index (κ1) is 12.2. The van der Waals surface area contributed by atoms with Crippen molar-refractivity contribution in [3.05, 3.63) is 41.6 Å². The molecule has 92 valence electrons. The molecule has 0 saturated heterocycles. The van der Waals surface area contributed by atoms with E-state index in [1.54, 1.807) is 12.3 Å². The van der Waals surface area contributed by atoms with E-state index < -0.39 is 0 Å². The first-order valence-corrected chi connectivity index (χ1v) is 5.87. The summed E-state index contributed by atoms with van der Waals surface area (Å²) >= 11 is 0. The molecule has 1 aliphatic rings. The Morgan fingerprint density at radius 1 is 1.50 bits per heavy atom. The summed E-state index contributed by atoms with van der Waals surface area (Å²) < 4.78 is 5.07. The maximum Gasteiger partial charge on any atom is 0.233 e. The molecule has 0 spiro atoms. The van der Waals surface area contributed by atoms with E-state index in [9.17, 15) is 0 Å². The zero-order valence-electron chi connectivity index (χ0n) is 10.3. The number of hydrogen-bond acceptors (Lipinski definition) is 4. The number of allylic oxidation sites excluding steroid dienone is 2. The van der Waals surface area contributed by atoms with E-state index in [-0.39, 0.29) is 0 Å². The first-order valence-electron chi connectivity index (χ1n) is 5.87. The average Bonchev–Trinajstić information content (AvgIpc) is 2.45. The summed E-state index contributed by atoms with van der Waals surface area (Å²) in [4.78, 5) is 4.01. The normalized spacial score (nSPS) is 13.7. The van der Waals surface area contributed by atoms with Crippen LogP contribution in [-0.2, 0) is 0 Å². The molecule has 4 nitrogen and oxygen atoms in total. The van der Waals surface area contributed by atoms with Gasteiger partial charge in [0.05, 0.1) is 12.8 Å². The second-order valence-corrected chi connectivity index (χ2v) is 3.97. The lowest BCUT2D eigenvalue weighted by molar-refractivity contribution is 0.397. The predicted octanol–water partition coefficient (Wildman–Crippen LogP) is 2.65. The number of methoxy groups -OCH3 is 1.